The molecule has 1 aromatic heterocycles. The minimum atomic E-state index is -0.471. The first-order chi connectivity index (χ1) is 10.3. The summed E-state index contributed by atoms with van der Waals surface area (Å²) < 4.78 is 5.50. The molecular formula is C15H21ClN4O2. The van der Waals surface area contributed by atoms with Crippen LogP contribution in [0, 0.1) is 5.92 Å². The summed E-state index contributed by atoms with van der Waals surface area (Å²) in [6.07, 6.45) is 4.93. The van der Waals surface area contributed by atoms with Crippen molar-refractivity contribution in [3.05, 3.63) is 17.4 Å². The van der Waals surface area contributed by atoms with Crippen LogP contribution in [0.5, 0.6) is 0 Å². The van der Waals surface area contributed by atoms with E-state index in [9.17, 15) is 4.79 Å². The zero-order chi connectivity index (χ0) is 15.9. The average molecular weight is 325 g/mol. The molecule has 3 rings (SSSR count). The topological polar surface area (TPSA) is 67.3 Å². The number of aromatic nitrogens is 2. The predicted molar refractivity (Wildman–Crippen MR) is 83.9 cm³/mol. The number of fused-ring (bicyclic) bond motifs is 2. The first-order valence-corrected chi connectivity index (χ1v) is 7.93. The zero-order valence-corrected chi connectivity index (χ0v) is 13.8. The lowest BCUT2D eigenvalue weighted by Gasteiger charge is -2.34. The molecule has 7 heteroatoms. The maximum atomic E-state index is 12.3. The third kappa shape index (κ3) is 3.27. The molecule has 1 N–H and O–H groups in total. The molecule has 2 aliphatic rings. The second kappa shape index (κ2) is 5.57. The van der Waals surface area contributed by atoms with Crippen LogP contribution in [0.25, 0.3) is 0 Å². The highest BCUT2D eigenvalue weighted by Gasteiger charge is 2.48. The quantitative estimate of drug-likeness (QED) is 0.906. The van der Waals surface area contributed by atoms with Gasteiger partial charge in [0, 0.05) is 12.6 Å². The molecular weight excluding hydrogens is 304 g/mol. The molecule has 0 spiro atoms. The van der Waals surface area contributed by atoms with Crippen molar-refractivity contribution in [3.63, 3.8) is 0 Å². The molecule has 1 saturated carbocycles. The van der Waals surface area contributed by atoms with Crippen LogP contribution in [0.3, 0.4) is 0 Å². The fourth-order valence-electron chi connectivity index (χ4n) is 3.26. The van der Waals surface area contributed by atoms with Crippen LogP contribution >= 0.6 is 11.6 Å². The number of piperidine rings is 1. The number of ether oxygens (including phenoxy) is 1. The molecule has 1 aromatic rings. The van der Waals surface area contributed by atoms with Crippen LogP contribution in [0.1, 0.15) is 33.6 Å². The van der Waals surface area contributed by atoms with E-state index < -0.39 is 5.60 Å². The Morgan fingerprint density at radius 3 is 2.64 bits per heavy atom. The van der Waals surface area contributed by atoms with Crippen molar-refractivity contribution in [2.45, 2.75) is 51.3 Å². The van der Waals surface area contributed by atoms with E-state index in [0.717, 1.165) is 19.4 Å². The van der Waals surface area contributed by atoms with Gasteiger partial charge in [-0.05, 0) is 39.5 Å². The third-order valence-corrected chi connectivity index (χ3v) is 4.24. The number of hydrogen-bond donors (Lipinski definition) is 1. The van der Waals surface area contributed by atoms with Gasteiger partial charge in [-0.15, -0.1) is 0 Å². The first kappa shape index (κ1) is 15.3. The molecule has 1 amide bonds. The van der Waals surface area contributed by atoms with Crippen molar-refractivity contribution < 1.29 is 9.53 Å². The lowest BCUT2D eigenvalue weighted by atomic mass is 10.1. The summed E-state index contributed by atoms with van der Waals surface area (Å²) in [5, 5.41) is 3.83. The van der Waals surface area contributed by atoms with E-state index in [1.165, 1.54) is 0 Å². The number of amides is 1. The third-order valence-electron chi connectivity index (χ3n) is 4.04. The molecule has 1 saturated heterocycles. The molecule has 0 unspecified atom stereocenters. The fraction of sp³-hybridized carbons (Fsp3) is 0.667. The number of halogens is 1. The Morgan fingerprint density at radius 2 is 2.05 bits per heavy atom. The van der Waals surface area contributed by atoms with E-state index in [0.29, 0.717) is 16.9 Å². The minimum absolute atomic E-state index is 0.138. The standard InChI is InChI=1S/C15H21ClN4O2/c1-15(2,3)22-14(21)20-8-9-4-11(12(20)5-9)19-13-17-6-10(16)7-18-13/h6-7,9,11-12H,4-5,8H2,1-3H3,(H,17,18,19)/t9-,11+,12-/m0/s1. The Bertz CT molecular complexity index is 558. The molecule has 0 aromatic carbocycles. The highest BCUT2D eigenvalue weighted by Crippen LogP contribution is 2.39. The van der Waals surface area contributed by atoms with Gasteiger partial charge in [0.15, 0.2) is 0 Å². The van der Waals surface area contributed by atoms with E-state index in [2.05, 4.69) is 15.3 Å². The number of carbonyl (C=O) groups is 1. The van der Waals surface area contributed by atoms with E-state index in [-0.39, 0.29) is 18.2 Å². The van der Waals surface area contributed by atoms with Gasteiger partial charge >= 0.3 is 6.09 Å². The van der Waals surface area contributed by atoms with Gasteiger partial charge in [-0.3, -0.25) is 0 Å². The molecule has 2 bridgehead atoms. The smallest absolute Gasteiger partial charge is 0.410 e. The number of nitrogens with one attached hydrogen (secondary N) is 1. The first-order valence-electron chi connectivity index (χ1n) is 7.55. The number of carbonyl (C=O) groups excluding carboxylic acids is 1. The summed E-state index contributed by atoms with van der Waals surface area (Å²) in [6.45, 7) is 6.43. The van der Waals surface area contributed by atoms with E-state index >= 15 is 0 Å². The monoisotopic (exact) mass is 324 g/mol. The normalized spacial score (nSPS) is 27.1. The van der Waals surface area contributed by atoms with Crippen molar-refractivity contribution in [2.75, 3.05) is 11.9 Å². The maximum absolute atomic E-state index is 12.3. The Morgan fingerprint density at radius 1 is 1.36 bits per heavy atom. The largest absolute Gasteiger partial charge is 0.444 e. The van der Waals surface area contributed by atoms with Gasteiger partial charge in [-0.25, -0.2) is 14.8 Å². The molecule has 22 heavy (non-hydrogen) atoms. The summed E-state index contributed by atoms with van der Waals surface area (Å²) in [4.78, 5) is 22.5. The van der Waals surface area contributed by atoms with Gasteiger partial charge in [0.1, 0.15) is 5.60 Å². The molecule has 2 fully saturated rings. The molecule has 3 atom stereocenters. The summed E-state index contributed by atoms with van der Waals surface area (Å²) in [6, 6.07) is 0.298. The SMILES string of the molecule is CC(C)(C)OC(=O)N1C[C@H]2C[C@@H](Nc3ncc(Cl)cn3)[C@@H]1C2. The van der Waals surface area contributed by atoms with Crippen LogP contribution in [0.4, 0.5) is 10.7 Å². The number of likely N-dealkylation sites (tertiary alicyclic amines) is 1. The molecule has 1 aliphatic heterocycles. The van der Waals surface area contributed by atoms with Crippen LogP contribution in [-0.4, -0.2) is 45.2 Å². The Labute approximate surface area is 135 Å². The van der Waals surface area contributed by atoms with Crippen LogP contribution in [-0.2, 0) is 4.74 Å². The van der Waals surface area contributed by atoms with Crippen molar-refractivity contribution in [1.29, 1.82) is 0 Å². The lowest BCUT2D eigenvalue weighted by molar-refractivity contribution is 0.0179. The van der Waals surface area contributed by atoms with Crippen molar-refractivity contribution >= 4 is 23.6 Å². The lowest BCUT2D eigenvalue weighted by Crippen LogP contribution is -2.49. The zero-order valence-electron chi connectivity index (χ0n) is 13.0. The number of nitrogens with zero attached hydrogens (tertiary/aromatic N) is 3. The fourth-order valence-corrected chi connectivity index (χ4v) is 3.36. The number of rotatable bonds is 2. The second-order valence-corrected chi connectivity index (χ2v) is 7.45. The molecule has 120 valence electrons. The summed E-state index contributed by atoms with van der Waals surface area (Å²) in [5.74, 6) is 1.06. The summed E-state index contributed by atoms with van der Waals surface area (Å²) >= 11 is 5.80. The van der Waals surface area contributed by atoms with Crippen LogP contribution in [0.15, 0.2) is 12.4 Å². The van der Waals surface area contributed by atoms with Gasteiger partial charge in [0.2, 0.25) is 5.95 Å². The maximum Gasteiger partial charge on any atom is 0.410 e. The Hall–Kier alpha value is -1.56. The molecule has 6 nitrogen and oxygen atoms in total. The van der Waals surface area contributed by atoms with Crippen molar-refractivity contribution in [3.8, 4) is 0 Å². The van der Waals surface area contributed by atoms with E-state index in [4.69, 9.17) is 16.3 Å². The van der Waals surface area contributed by atoms with Crippen molar-refractivity contribution in [1.82, 2.24) is 14.9 Å². The Kier molecular flexibility index (Phi) is 3.89. The summed E-state index contributed by atoms with van der Waals surface area (Å²) in [7, 11) is 0. The average Bonchev–Trinajstić information content (AvgIpc) is 2.99. The number of anilines is 1. The molecule has 1 aliphatic carbocycles. The van der Waals surface area contributed by atoms with E-state index in [1.54, 1.807) is 12.4 Å². The number of hydrogen-bond acceptors (Lipinski definition) is 5. The van der Waals surface area contributed by atoms with Gasteiger partial charge in [0.05, 0.1) is 23.5 Å². The van der Waals surface area contributed by atoms with Crippen LogP contribution < -0.4 is 5.32 Å². The highest BCUT2D eigenvalue weighted by molar-refractivity contribution is 6.30. The highest BCUT2D eigenvalue weighted by atomic mass is 35.5. The Balaban J connectivity index is 1.66. The predicted octanol–water partition coefficient (Wildman–Crippen LogP) is 2.94. The van der Waals surface area contributed by atoms with Gasteiger partial charge in [-0.1, -0.05) is 11.6 Å². The van der Waals surface area contributed by atoms with Crippen LogP contribution in [0.2, 0.25) is 5.02 Å². The van der Waals surface area contributed by atoms with E-state index in [1.807, 2.05) is 25.7 Å². The molecule has 2 heterocycles. The van der Waals surface area contributed by atoms with Gasteiger partial charge in [0.25, 0.3) is 0 Å². The van der Waals surface area contributed by atoms with Crippen molar-refractivity contribution in [2.24, 2.45) is 5.92 Å². The molecule has 0 radical (unpaired) electrons. The second-order valence-electron chi connectivity index (χ2n) is 7.01. The summed E-state index contributed by atoms with van der Waals surface area (Å²) in [5.41, 5.74) is -0.471. The minimum Gasteiger partial charge on any atom is -0.444 e. The van der Waals surface area contributed by atoms with Gasteiger partial charge < -0.3 is 15.0 Å². The van der Waals surface area contributed by atoms with Gasteiger partial charge in [-0.2, -0.15) is 0 Å².